The standard InChI is InChI=1S/C31H27Cl3N4O3/c1-3-38(4-2)21-14-12-20(13-15-21)18-27(36-30(39)23-8-5-6-10-25(23)32)31(40)37-35-19-22-16-17-28(41-22)24-9-7-11-26(33)29(24)34/h5-19H,3-4H2,1-2H3,(H,36,39)(H,37,40)/b27-18+,35-19+. The number of nitrogens with zero attached hydrogens (tertiary/aromatic N) is 2. The van der Waals surface area contributed by atoms with Gasteiger partial charge in [-0.2, -0.15) is 5.10 Å². The van der Waals surface area contributed by atoms with Crippen LogP contribution in [0.3, 0.4) is 0 Å². The third-order valence-corrected chi connectivity index (χ3v) is 7.29. The molecule has 7 nitrogen and oxygen atoms in total. The van der Waals surface area contributed by atoms with E-state index in [1.54, 1.807) is 60.7 Å². The van der Waals surface area contributed by atoms with Crippen LogP contribution in [0.2, 0.25) is 15.1 Å². The molecule has 0 fully saturated rings. The number of hydrogen-bond acceptors (Lipinski definition) is 5. The zero-order chi connectivity index (χ0) is 29.4. The Bertz CT molecular complexity index is 1590. The number of halogens is 3. The summed E-state index contributed by atoms with van der Waals surface area (Å²) >= 11 is 18.6. The molecule has 0 atom stereocenters. The summed E-state index contributed by atoms with van der Waals surface area (Å²) in [4.78, 5) is 28.3. The second kappa shape index (κ2) is 14.0. The number of amides is 2. The van der Waals surface area contributed by atoms with E-state index >= 15 is 0 Å². The van der Waals surface area contributed by atoms with Crippen LogP contribution < -0.4 is 15.6 Å². The van der Waals surface area contributed by atoms with Gasteiger partial charge in [-0.05, 0) is 74.0 Å². The maximum Gasteiger partial charge on any atom is 0.287 e. The van der Waals surface area contributed by atoms with Crippen molar-refractivity contribution in [2.45, 2.75) is 13.8 Å². The van der Waals surface area contributed by atoms with Crippen molar-refractivity contribution in [3.05, 3.63) is 117 Å². The molecule has 1 heterocycles. The number of carbonyl (C=O) groups excluding carboxylic acids is 2. The second-order valence-corrected chi connectivity index (χ2v) is 9.95. The number of nitrogens with one attached hydrogen (secondary N) is 2. The first-order valence-electron chi connectivity index (χ1n) is 12.8. The minimum absolute atomic E-state index is 0.0199. The smallest absolute Gasteiger partial charge is 0.287 e. The summed E-state index contributed by atoms with van der Waals surface area (Å²) in [6.45, 7) is 5.91. The fourth-order valence-corrected chi connectivity index (χ4v) is 4.62. The largest absolute Gasteiger partial charge is 0.455 e. The molecule has 0 bridgehead atoms. The number of furan rings is 1. The lowest BCUT2D eigenvalue weighted by atomic mass is 10.1. The van der Waals surface area contributed by atoms with Gasteiger partial charge in [-0.1, -0.05) is 65.1 Å². The topological polar surface area (TPSA) is 86.9 Å². The Morgan fingerprint density at radius 2 is 1.59 bits per heavy atom. The summed E-state index contributed by atoms with van der Waals surface area (Å²) in [5.74, 6) is -0.311. The molecule has 0 aliphatic heterocycles. The monoisotopic (exact) mass is 608 g/mol. The average Bonchev–Trinajstić information content (AvgIpc) is 3.44. The van der Waals surface area contributed by atoms with E-state index < -0.39 is 11.8 Å². The molecular formula is C31H27Cl3N4O3. The molecule has 210 valence electrons. The number of rotatable bonds is 10. The number of anilines is 1. The summed E-state index contributed by atoms with van der Waals surface area (Å²) in [7, 11) is 0. The van der Waals surface area contributed by atoms with Gasteiger partial charge in [-0.3, -0.25) is 9.59 Å². The molecule has 4 rings (SSSR count). The highest BCUT2D eigenvalue weighted by Gasteiger charge is 2.17. The Morgan fingerprint density at radius 3 is 2.29 bits per heavy atom. The predicted molar refractivity (Wildman–Crippen MR) is 167 cm³/mol. The van der Waals surface area contributed by atoms with E-state index in [9.17, 15) is 9.59 Å². The number of benzene rings is 3. The molecule has 0 aliphatic carbocycles. The summed E-state index contributed by atoms with van der Waals surface area (Å²) in [5, 5.41) is 7.70. The number of hydrogen-bond donors (Lipinski definition) is 2. The van der Waals surface area contributed by atoms with Crippen LogP contribution in [0.4, 0.5) is 5.69 Å². The fourth-order valence-electron chi connectivity index (χ4n) is 4.01. The predicted octanol–water partition coefficient (Wildman–Crippen LogP) is 7.67. The minimum Gasteiger partial charge on any atom is -0.455 e. The third-order valence-electron chi connectivity index (χ3n) is 6.15. The van der Waals surface area contributed by atoms with Crippen molar-refractivity contribution < 1.29 is 14.0 Å². The van der Waals surface area contributed by atoms with Crippen molar-refractivity contribution in [2.75, 3.05) is 18.0 Å². The highest BCUT2D eigenvalue weighted by molar-refractivity contribution is 6.43. The van der Waals surface area contributed by atoms with Crippen LogP contribution in [0.25, 0.3) is 17.4 Å². The molecule has 0 spiro atoms. The Balaban J connectivity index is 1.54. The fraction of sp³-hybridized carbons (Fsp3) is 0.129. The van der Waals surface area contributed by atoms with Crippen molar-refractivity contribution in [1.29, 1.82) is 0 Å². The van der Waals surface area contributed by atoms with E-state index in [0.29, 0.717) is 32.7 Å². The molecule has 1 aromatic heterocycles. The molecule has 2 N–H and O–H groups in total. The zero-order valence-electron chi connectivity index (χ0n) is 22.3. The molecule has 41 heavy (non-hydrogen) atoms. The molecule has 2 amide bonds. The molecule has 10 heteroatoms. The first kappa shape index (κ1) is 29.9. The number of carbonyl (C=O) groups is 2. The van der Waals surface area contributed by atoms with Crippen LogP contribution in [0.15, 0.2) is 94.1 Å². The van der Waals surface area contributed by atoms with Crippen molar-refractivity contribution >= 4 is 64.6 Å². The van der Waals surface area contributed by atoms with Gasteiger partial charge in [0.2, 0.25) is 0 Å². The van der Waals surface area contributed by atoms with Crippen molar-refractivity contribution in [2.24, 2.45) is 5.10 Å². The maximum absolute atomic E-state index is 13.2. The minimum atomic E-state index is -0.640. The summed E-state index contributed by atoms with van der Waals surface area (Å²) in [6.07, 6.45) is 2.91. The van der Waals surface area contributed by atoms with Gasteiger partial charge in [0, 0.05) is 24.3 Å². The van der Waals surface area contributed by atoms with Crippen LogP contribution in [0.5, 0.6) is 0 Å². The van der Waals surface area contributed by atoms with Gasteiger partial charge in [-0.15, -0.1) is 0 Å². The quantitative estimate of drug-likeness (QED) is 0.110. The van der Waals surface area contributed by atoms with Gasteiger partial charge in [0.15, 0.2) is 0 Å². The van der Waals surface area contributed by atoms with Crippen LogP contribution in [0, 0.1) is 0 Å². The van der Waals surface area contributed by atoms with E-state index in [2.05, 4.69) is 34.6 Å². The molecular weight excluding hydrogens is 583 g/mol. The summed E-state index contributed by atoms with van der Waals surface area (Å²) in [5.41, 5.74) is 5.05. The van der Waals surface area contributed by atoms with Crippen LogP contribution in [-0.4, -0.2) is 31.1 Å². The second-order valence-electron chi connectivity index (χ2n) is 8.76. The highest BCUT2D eigenvalue weighted by Crippen LogP contribution is 2.34. The van der Waals surface area contributed by atoms with Gasteiger partial charge in [0.05, 0.1) is 26.8 Å². The molecule has 0 radical (unpaired) electrons. The Morgan fingerprint density at radius 1 is 0.878 bits per heavy atom. The Labute approximate surface area is 253 Å². The van der Waals surface area contributed by atoms with E-state index in [-0.39, 0.29) is 16.3 Å². The first-order chi connectivity index (χ1) is 19.8. The van der Waals surface area contributed by atoms with E-state index in [0.717, 1.165) is 18.8 Å². The molecule has 0 unspecified atom stereocenters. The van der Waals surface area contributed by atoms with Gasteiger partial charge in [-0.25, -0.2) is 5.43 Å². The van der Waals surface area contributed by atoms with Gasteiger partial charge >= 0.3 is 0 Å². The molecule has 4 aromatic rings. The Kier molecular flexibility index (Phi) is 10.2. The van der Waals surface area contributed by atoms with Crippen molar-refractivity contribution in [1.82, 2.24) is 10.7 Å². The summed E-state index contributed by atoms with van der Waals surface area (Å²) < 4.78 is 5.78. The van der Waals surface area contributed by atoms with Crippen molar-refractivity contribution in [3.8, 4) is 11.3 Å². The molecule has 0 saturated carbocycles. The third kappa shape index (κ3) is 7.58. The lowest BCUT2D eigenvalue weighted by molar-refractivity contribution is -0.117. The first-order valence-corrected chi connectivity index (χ1v) is 13.9. The maximum atomic E-state index is 13.2. The van der Waals surface area contributed by atoms with Crippen LogP contribution in [0.1, 0.15) is 35.5 Å². The van der Waals surface area contributed by atoms with Gasteiger partial charge in [0.1, 0.15) is 17.2 Å². The normalized spacial score (nSPS) is 11.5. The van der Waals surface area contributed by atoms with E-state index in [1.807, 2.05) is 24.3 Å². The highest BCUT2D eigenvalue weighted by atomic mass is 35.5. The zero-order valence-corrected chi connectivity index (χ0v) is 24.6. The van der Waals surface area contributed by atoms with Crippen LogP contribution in [-0.2, 0) is 4.79 Å². The van der Waals surface area contributed by atoms with E-state index in [4.69, 9.17) is 39.2 Å². The van der Waals surface area contributed by atoms with Crippen LogP contribution >= 0.6 is 34.8 Å². The van der Waals surface area contributed by atoms with Gasteiger partial charge < -0.3 is 14.6 Å². The van der Waals surface area contributed by atoms with E-state index in [1.165, 1.54) is 6.21 Å². The van der Waals surface area contributed by atoms with Crippen molar-refractivity contribution in [3.63, 3.8) is 0 Å². The molecule has 3 aromatic carbocycles. The molecule has 0 aliphatic rings. The average molecular weight is 610 g/mol. The number of hydrazone groups is 1. The lowest BCUT2D eigenvalue weighted by Crippen LogP contribution is -2.33. The lowest BCUT2D eigenvalue weighted by Gasteiger charge is -2.21. The SMILES string of the molecule is CCN(CC)c1ccc(/C=C(/NC(=O)c2ccccc2Cl)C(=O)N/N=C/c2ccc(-c3cccc(Cl)c3Cl)o2)cc1. The molecule has 0 saturated heterocycles. The Hall–Kier alpha value is -4.04. The van der Waals surface area contributed by atoms with Gasteiger partial charge in [0.25, 0.3) is 11.8 Å². The summed E-state index contributed by atoms with van der Waals surface area (Å²) in [6, 6.07) is 22.9.